The molecule has 2 unspecified atom stereocenters. The highest BCUT2D eigenvalue weighted by Crippen LogP contribution is 2.28. The molecule has 3 N–H and O–H groups in total. The van der Waals surface area contributed by atoms with Crippen molar-refractivity contribution >= 4 is 11.8 Å². The van der Waals surface area contributed by atoms with E-state index < -0.39 is 28.9 Å². The molecule has 0 radical (unpaired) electrons. The van der Waals surface area contributed by atoms with Gasteiger partial charge in [0.2, 0.25) is 0 Å². The van der Waals surface area contributed by atoms with E-state index in [1.165, 1.54) is 7.11 Å². The Bertz CT molecular complexity index is 785. The van der Waals surface area contributed by atoms with Crippen LogP contribution in [0.1, 0.15) is 17.2 Å². The minimum absolute atomic E-state index is 0.00875. The molecule has 0 spiro atoms. The Morgan fingerprint density at radius 1 is 1.33 bits per heavy atom. The lowest BCUT2D eigenvalue weighted by Gasteiger charge is -2.18. The average molecular weight is 377 g/mol. The van der Waals surface area contributed by atoms with E-state index in [9.17, 15) is 25.1 Å². The molecule has 10 nitrogen and oxygen atoms in total. The number of rotatable bonds is 8. The molecule has 0 saturated carbocycles. The zero-order valence-electron chi connectivity index (χ0n) is 14.4. The van der Waals surface area contributed by atoms with Crippen LogP contribution in [0.25, 0.3) is 0 Å². The topological polar surface area (TPSA) is 144 Å². The fourth-order valence-corrected chi connectivity index (χ4v) is 2.20. The molecule has 1 heterocycles. The van der Waals surface area contributed by atoms with Crippen molar-refractivity contribution in [3.05, 3.63) is 63.8 Å². The lowest BCUT2D eigenvalue weighted by atomic mass is 10.1. The molecule has 2 atom stereocenters. The number of pyridine rings is 1. The van der Waals surface area contributed by atoms with Crippen molar-refractivity contribution in [1.29, 1.82) is 0 Å². The van der Waals surface area contributed by atoms with Crippen molar-refractivity contribution in [1.82, 2.24) is 10.3 Å². The van der Waals surface area contributed by atoms with Crippen molar-refractivity contribution in [2.75, 3.05) is 13.7 Å². The molecule has 2 aromatic rings. The first-order chi connectivity index (χ1) is 12.9. The summed E-state index contributed by atoms with van der Waals surface area (Å²) < 4.78 is 9.76. The molecule has 1 amide bonds. The number of methoxy groups -OCH3 is 1. The lowest BCUT2D eigenvalue weighted by Crippen LogP contribution is -2.35. The number of nitrogens with zero attached hydrogens (tertiary/aromatic N) is 2. The minimum Gasteiger partial charge on any atom is -0.476 e. The average Bonchev–Trinajstić information content (AvgIpc) is 2.70. The summed E-state index contributed by atoms with van der Waals surface area (Å²) in [5, 5.41) is 33.5. The predicted molar refractivity (Wildman–Crippen MR) is 93.0 cm³/mol. The third-order valence-corrected chi connectivity index (χ3v) is 3.62. The number of hydrogen-bond acceptors (Lipinski definition) is 8. The van der Waals surface area contributed by atoms with Gasteiger partial charge in [0, 0.05) is 24.4 Å². The van der Waals surface area contributed by atoms with Crippen molar-refractivity contribution in [2.45, 2.75) is 18.8 Å². The number of nitrogens with one attached hydrogen (secondary N) is 1. The van der Waals surface area contributed by atoms with E-state index >= 15 is 0 Å². The molecule has 0 aliphatic carbocycles. The number of amides is 1. The second-order valence-corrected chi connectivity index (χ2v) is 5.51. The monoisotopic (exact) mass is 377 g/mol. The van der Waals surface area contributed by atoms with E-state index in [0.717, 1.165) is 17.8 Å². The predicted octanol–water partition coefficient (Wildman–Crippen LogP) is 1.32. The summed E-state index contributed by atoms with van der Waals surface area (Å²) in [4.78, 5) is 25.7. The number of nitro groups is 1. The van der Waals surface area contributed by atoms with Crippen LogP contribution in [0.15, 0.2) is 42.6 Å². The maximum absolute atomic E-state index is 11.7. The largest absolute Gasteiger partial charge is 0.476 e. The second-order valence-electron chi connectivity index (χ2n) is 5.51. The number of aliphatic hydroxyl groups is 2. The van der Waals surface area contributed by atoms with Crippen molar-refractivity contribution < 1.29 is 29.4 Å². The Labute approximate surface area is 154 Å². The zero-order chi connectivity index (χ0) is 19.8. The van der Waals surface area contributed by atoms with E-state index in [-0.39, 0.29) is 24.6 Å². The second kappa shape index (κ2) is 9.46. The quantitative estimate of drug-likeness (QED) is 0.461. The normalized spacial score (nSPS) is 12.7. The third kappa shape index (κ3) is 5.62. The first kappa shape index (κ1) is 20.1. The molecule has 10 heteroatoms. The minimum atomic E-state index is -1.50. The summed E-state index contributed by atoms with van der Waals surface area (Å²) in [5.74, 6) is -0.215. The number of aromatic nitrogens is 1. The summed E-state index contributed by atoms with van der Waals surface area (Å²) in [5.41, 5.74) is 0.357. The van der Waals surface area contributed by atoms with Gasteiger partial charge in [0.25, 0.3) is 5.88 Å². The summed E-state index contributed by atoms with van der Waals surface area (Å²) in [6, 6.07) is 10.1. The number of benzene rings is 1. The van der Waals surface area contributed by atoms with Crippen LogP contribution in [0, 0.1) is 10.1 Å². The van der Waals surface area contributed by atoms with Crippen LogP contribution in [-0.2, 0) is 11.3 Å². The van der Waals surface area contributed by atoms with Crippen LogP contribution in [-0.4, -0.2) is 46.0 Å². The lowest BCUT2D eigenvalue weighted by molar-refractivity contribution is -0.386. The fraction of sp³-hybridized carbons (Fsp3) is 0.294. The summed E-state index contributed by atoms with van der Waals surface area (Å²) in [6.45, 7) is -0.269. The molecule has 1 aromatic carbocycles. The number of ether oxygens (including phenoxy) is 2. The smallest absolute Gasteiger partial charge is 0.407 e. The Hall–Kier alpha value is -3.24. The Kier molecular flexibility index (Phi) is 7.03. The fourth-order valence-electron chi connectivity index (χ4n) is 2.20. The highest BCUT2D eigenvalue weighted by Gasteiger charge is 2.24. The Morgan fingerprint density at radius 2 is 2.04 bits per heavy atom. The van der Waals surface area contributed by atoms with Crippen LogP contribution in [0.2, 0.25) is 0 Å². The molecule has 0 saturated heterocycles. The van der Waals surface area contributed by atoms with Gasteiger partial charge in [-0.25, -0.2) is 9.78 Å². The summed E-state index contributed by atoms with van der Waals surface area (Å²) in [7, 11) is 1.23. The number of carbonyl (C=O) groups is 1. The zero-order valence-corrected chi connectivity index (χ0v) is 14.4. The van der Waals surface area contributed by atoms with Gasteiger partial charge in [-0.05, 0) is 5.56 Å². The first-order valence-electron chi connectivity index (χ1n) is 7.91. The maximum Gasteiger partial charge on any atom is 0.407 e. The molecule has 0 fully saturated rings. The van der Waals surface area contributed by atoms with E-state index in [2.05, 4.69) is 10.3 Å². The van der Waals surface area contributed by atoms with Gasteiger partial charge >= 0.3 is 11.8 Å². The van der Waals surface area contributed by atoms with Gasteiger partial charge in [-0.3, -0.25) is 10.1 Å². The van der Waals surface area contributed by atoms with Crippen LogP contribution in [0.5, 0.6) is 5.88 Å². The highest BCUT2D eigenvalue weighted by molar-refractivity contribution is 5.67. The Morgan fingerprint density at radius 3 is 2.67 bits per heavy atom. The van der Waals surface area contributed by atoms with E-state index in [4.69, 9.17) is 9.47 Å². The standard InChI is InChI=1S/C17H19N3O7/c1-26-16-13(20(24)25)7-12(8-18-16)15(22)14(21)9-19-17(23)27-10-11-5-3-2-4-6-11/h2-8,14-15,21-22H,9-10H2,1H3,(H,19,23). The van der Waals surface area contributed by atoms with Gasteiger partial charge in [0.05, 0.1) is 12.0 Å². The molecular formula is C17H19N3O7. The van der Waals surface area contributed by atoms with Crippen molar-refractivity contribution in [3.63, 3.8) is 0 Å². The Balaban J connectivity index is 1.89. The SMILES string of the molecule is COc1ncc(C(O)C(O)CNC(=O)OCc2ccccc2)cc1[N+](=O)[O-]. The number of alkyl carbamates (subject to hydrolysis) is 1. The van der Waals surface area contributed by atoms with Gasteiger partial charge in [0.15, 0.2) is 0 Å². The summed E-state index contributed by atoms with van der Waals surface area (Å²) >= 11 is 0. The van der Waals surface area contributed by atoms with Gasteiger partial charge < -0.3 is 25.0 Å². The first-order valence-corrected chi connectivity index (χ1v) is 7.91. The van der Waals surface area contributed by atoms with Crippen molar-refractivity contribution in [2.24, 2.45) is 0 Å². The molecule has 1 aromatic heterocycles. The third-order valence-electron chi connectivity index (χ3n) is 3.62. The van der Waals surface area contributed by atoms with Gasteiger partial charge in [-0.1, -0.05) is 30.3 Å². The van der Waals surface area contributed by atoms with Crippen molar-refractivity contribution in [3.8, 4) is 5.88 Å². The molecule has 2 rings (SSSR count). The van der Waals surface area contributed by atoms with E-state index in [1.807, 2.05) is 6.07 Å². The summed E-state index contributed by atoms with van der Waals surface area (Å²) in [6.07, 6.45) is -2.56. The maximum atomic E-state index is 11.7. The number of carbonyl (C=O) groups excluding carboxylic acids is 1. The molecule has 0 bridgehead atoms. The number of hydrogen-bond donors (Lipinski definition) is 3. The van der Waals surface area contributed by atoms with Crippen LogP contribution in [0.4, 0.5) is 10.5 Å². The van der Waals surface area contributed by atoms with Crippen LogP contribution in [0.3, 0.4) is 0 Å². The van der Waals surface area contributed by atoms with Gasteiger partial charge in [-0.2, -0.15) is 0 Å². The molecule has 0 aliphatic rings. The van der Waals surface area contributed by atoms with Gasteiger partial charge in [-0.15, -0.1) is 0 Å². The van der Waals surface area contributed by atoms with E-state index in [1.54, 1.807) is 24.3 Å². The molecular weight excluding hydrogens is 358 g/mol. The number of aliphatic hydroxyl groups excluding tert-OH is 2. The van der Waals surface area contributed by atoms with E-state index in [0.29, 0.717) is 0 Å². The van der Waals surface area contributed by atoms with Crippen LogP contribution >= 0.6 is 0 Å². The highest BCUT2D eigenvalue weighted by atomic mass is 16.6. The molecule has 0 aliphatic heterocycles. The van der Waals surface area contributed by atoms with Crippen LogP contribution < -0.4 is 10.1 Å². The van der Waals surface area contributed by atoms with Gasteiger partial charge in [0.1, 0.15) is 18.8 Å². The molecule has 144 valence electrons. The molecule has 27 heavy (non-hydrogen) atoms.